The summed E-state index contributed by atoms with van der Waals surface area (Å²) in [7, 11) is 1.69. The molecule has 0 radical (unpaired) electrons. The highest BCUT2D eigenvalue weighted by Crippen LogP contribution is 2.31. The van der Waals surface area contributed by atoms with Gasteiger partial charge < -0.3 is 4.74 Å². The highest BCUT2D eigenvalue weighted by molar-refractivity contribution is 8.13. The standard InChI is InChI=1S/C12H15NOS/c1-14-10-5-3-9(4-6-10)11-7-8-13-12(11)15-2/h3-6,11H,7-8H2,1-2H3. The van der Waals surface area contributed by atoms with Gasteiger partial charge in [0.1, 0.15) is 5.75 Å². The number of ether oxygens (including phenoxy) is 1. The Bertz CT molecular complexity index is 358. The predicted octanol–water partition coefficient (Wildman–Crippen LogP) is 2.94. The number of aliphatic imine (C=N–C) groups is 1. The number of rotatable bonds is 2. The van der Waals surface area contributed by atoms with Gasteiger partial charge in [0.15, 0.2) is 0 Å². The molecule has 0 saturated heterocycles. The van der Waals surface area contributed by atoms with Gasteiger partial charge in [-0.2, -0.15) is 0 Å². The zero-order chi connectivity index (χ0) is 10.7. The van der Waals surface area contributed by atoms with Crippen LogP contribution in [0.25, 0.3) is 0 Å². The minimum Gasteiger partial charge on any atom is -0.497 e. The third kappa shape index (κ3) is 2.17. The number of benzene rings is 1. The molecule has 0 N–H and O–H groups in total. The van der Waals surface area contributed by atoms with E-state index in [1.807, 2.05) is 12.1 Å². The molecule has 1 heterocycles. The molecule has 0 aromatic heterocycles. The van der Waals surface area contributed by atoms with Gasteiger partial charge in [-0.05, 0) is 30.4 Å². The van der Waals surface area contributed by atoms with Gasteiger partial charge in [-0.15, -0.1) is 11.8 Å². The predicted molar refractivity (Wildman–Crippen MR) is 66.2 cm³/mol. The molecule has 0 spiro atoms. The molecule has 0 amide bonds. The molecule has 1 aromatic rings. The molecule has 0 aliphatic carbocycles. The molecule has 0 bridgehead atoms. The summed E-state index contributed by atoms with van der Waals surface area (Å²) >= 11 is 1.76. The van der Waals surface area contributed by atoms with E-state index in [9.17, 15) is 0 Å². The van der Waals surface area contributed by atoms with Crippen molar-refractivity contribution in [2.24, 2.45) is 4.99 Å². The summed E-state index contributed by atoms with van der Waals surface area (Å²) in [6.45, 7) is 0.965. The molecular weight excluding hydrogens is 206 g/mol. The average molecular weight is 221 g/mol. The maximum absolute atomic E-state index is 5.15. The van der Waals surface area contributed by atoms with E-state index in [-0.39, 0.29) is 0 Å². The average Bonchev–Trinajstić information content (AvgIpc) is 2.77. The van der Waals surface area contributed by atoms with E-state index in [2.05, 4.69) is 23.4 Å². The number of thioether (sulfide) groups is 1. The lowest BCUT2D eigenvalue weighted by molar-refractivity contribution is 0.414. The zero-order valence-corrected chi connectivity index (χ0v) is 9.88. The van der Waals surface area contributed by atoms with Crippen molar-refractivity contribution < 1.29 is 4.74 Å². The van der Waals surface area contributed by atoms with E-state index in [0.29, 0.717) is 5.92 Å². The van der Waals surface area contributed by atoms with Crippen LogP contribution < -0.4 is 4.74 Å². The van der Waals surface area contributed by atoms with Crippen molar-refractivity contribution in [3.8, 4) is 5.75 Å². The lowest BCUT2D eigenvalue weighted by Crippen LogP contribution is -2.03. The fourth-order valence-electron chi connectivity index (χ4n) is 1.89. The van der Waals surface area contributed by atoms with Gasteiger partial charge in [-0.25, -0.2) is 0 Å². The molecule has 1 aromatic carbocycles. The Morgan fingerprint density at radius 1 is 1.33 bits per heavy atom. The van der Waals surface area contributed by atoms with Gasteiger partial charge >= 0.3 is 0 Å². The number of hydrogen-bond acceptors (Lipinski definition) is 3. The molecule has 2 rings (SSSR count). The van der Waals surface area contributed by atoms with Crippen molar-refractivity contribution >= 4 is 16.8 Å². The Labute approximate surface area is 94.7 Å². The number of methoxy groups -OCH3 is 1. The second-order valence-corrected chi connectivity index (χ2v) is 4.37. The van der Waals surface area contributed by atoms with Crippen LogP contribution in [0.3, 0.4) is 0 Å². The summed E-state index contributed by atoms with van der Waals surface area (Å²) in [4.78, 5) is 4.50. The third-order valence-corrected chi connectivity index (χ3v) is 3.54. The van der Waals surface area contributed by atoms with Crippen molar-refractivity contribution in [2.45, 2.75) is 12.3 Å². The Balaban J connectivity index is 2.19. The van der Waals surface area contributed by atoms with Crippen LogP contribution in [0, 0.1) is 0 Å². The fourth-order valence-corrected chi connectivity index (χ4v) is 2.65. The van der Waals surface area contributed by atoms with Crippen LogP contribution in [0.15, 0.2) is 29.3 Å². The van der Waals surface area contributed by atoms with Crippen LogP contribution in [0.4, 0.5) is 0 Å². The monoisotopic (exact) mass is 221 g/mol. The molecule has 3 heteroatoms. The van der Waals surface area contributed by atoms with Gasteiger partial charge in [0.25, 0.3) is 0 Å². The second kappa shape index (κ2) is 4.71. The van der Waals surface area contributed by atoms with Crippen LogP contribution in [0.1, 0.15) is 17.9 Å². The topological polar surface area (TPSA) is 21.6 Å². The van der Waals surface area contributed by atoms with Crippen LogP contribution in [0.2, 0.25) is 0 Å². The summed E-state index contributed by atoms with van der Waals surface area (Å²) in [6, 6.07) is 8.32. The van der Waals surface area contributed by atoms with Crippen molar-refractivity contribution in [3.05, 3.63) is 29.8 Å². The van der Waals surface area contributed by atoms with Crippen LogP contribution in [0.5, 0.6) is 5.75 Å². The van der Waals surface area contributed by atoms with Crippen LogP contribution in [-0.2, 0) is 0 Å². The number of nitrogens with zero attached hydrogens (tertiary/aromatic N) is 1. The van der Waals surface area contributed by atoms with E-state index < -0.39 is 0 Å². The molecule has 1 aliphatic heterocycles. The summed E-state index contributed by atoms with van der Waals surface area (Å²) in [5, 5.41) is 1.26. The molecule has 0 fully saturated rings. The first-order valence-electron chi connectivity index (χ1n) is 5.07. The minimum absolute atomic E-state index is 0.505. The Hall–Kier alpha value is -0.960. The first-order valence-corrected chi connectivity index (χ1v) is 6.30. The maximum Gasteiger partial charge on any atom is 0.118 e. The Morgan fingerprint density at radius 2 is 2.07 bits per heavy atom. The molecule has 1 atom stereocenters. The SMILES string of the molecule is COc1ccc(C2CCN=C2SC)cc1. The first-order chi connectivity index (χ1) is 7.35. The summed E-state index contributed by atoms with van der Waals surface area (Å²) < 4.78 is 5.15. The third-order valence-electron chi connectivity index (χ3n) is 2.71. The largest absolute Gasteiger partial charge is 0.497 e. The van der Waals surface area contributed by atoms with Gasteiger partial charge in [0.2, 0.25) is 0 Å². The molecule has 0 saturated carbocycles. The minimum atomic E-state index is 0.505. The molecule has 80 valence electrons. The molecule has 15 heavy (non-hydrogen) atoms. The van der Waals surface area contributed by atoms with Crippen molar-refractivity contribution in [2.75, 3.05) is 19.9 Å². The van der Waals surface area contributed by atoms with E-state index >= 15 is 0 Å². The fraction of sp³-hybridized carbons (Fsp3) is 0.417. The van der Waals surface area contributed by atoms with Gasteiger partial charge in [-0.3, -0.25) is 4.99 Å². The molecule has 1 aliphatic rings. The zero-order valence-electron chi connectivity index (χ0n) is 9.06. The quantitative estimate of drug-likeness (QED) is 0.766. The smallest absolute Gasteiger partial charge is 0.118 e. The summed E-state index contributed by atoms with van der Waals surface area (Å²) in [5.74, 6) is 1.42. The van der Waals surface area contributed by atoms with Crippen molar-refractivity contribution in [3.63, 3.8) is 0 Å². The van der Waals surface area contributed by atoms with Crippen LogP contribution >= 0.6 is 11.8 Å². The lowest BCUT2D eigenvalue weighted by atomic mass is 9.98. The lowest BCUT2D eigenvalue weighted by Gasteiger charge is -2.12. The van der Waals surface area contributed by atoms with Crippen LogP contribution in [-0.4, -0.2) is 25.0 Å². The van der Waals surface area contributed by atoms with Crippen molar-refractivity contribution in [1.82, 2.24) is 0 Å². The normalized spacial score (nSPS) is 20.1. The summed E-state index contributed by atoms with van der Waals surface area (Å²) in [5.41, 5.74) is 1.35. The molecule has 2 nitrogen and oxygen atoms in total. The second-order valence-electron chi connectivity index (χ2n) is 3.54. The maximum atomic E-state index is 5.15. The highest BCUT2D eigenvalue weighted by atomic mass is 32.2. The first kappa shape index (κ1) is 10.6. The van der Waals surface area contributed by atoms with Gasteiger partial charge in [0, 0.05) is 12.5 Å². The van der Waals surface area contributed by atoms with E-state index in [1.165, 1.54) is 10.6 Å². The van der Waals surface area contributed by atoms with E-state index in [0.717, 1.165) is 18.7 Å². The molecular formula is C12H15NOS. The molecule has 1 unspecified atom stereocenters. The van der Waals surface area contributed by atoms with E-state index in [1.54, 1.807) is 18.9 Å². The summed E-state index contributed by atoms with van der Waals surface area (Å²) in [6.07, 6.45) is 3.24. The Morgan fingerprint density at radius 3 is 2.67 bits per heavy atom. The highest BCUT2D eigenvalue weighted by Gasteiger charge is 2.21. The van der Waals surface area contributed by atoms with Crippen molar-refractivity contribution in [1.29, 1.82) is 0 Å². The van der Waals surface area contributed by atoms with Gasteiger partial charge in [0.05, 0.1) is 12.2 Å². The van der Waals surface area contributed by atoms with E-state index in [4.69, 9.17) is 4.74 Å². The van der Waals surface area contributed by atoms with Gasteiger partial charge in [-0.1, -0.05) is 12.1 Å². The number of hydrogen-bond donors (Lipinski definition) is 0. The Kier molecular flexibility index (Phi) is 3.31.